The van der Waals surface area contributed by atoms with Crippen LogP contribution in [0, 0.1) is 0 Å². The zero-order valence-electron chi connectivity index (χ0n) is 19.8. The predicted octanol–water partition coefficient (Wildman–Crippen LogP) is 4.02. The molecule has 0 radical (unpaired) electrons. The van der Waals surface area contributed by atoms with Crippen molar-refractivity contribution in [3.63, 3.8) is 0 Å². The van der Waals surface area contributed by atoms with Gasteiger partial charge in [-0.15, -0.1) is 0 Å². The normalized spacial score (nSPS) is 19.9. The Balaban J connectivity index is 1.31. The van der Waals surface area contributed by atoms with Gasteiger partial charge in [-0.25, -0.2) is 9.99 Å². The average Bonchev–Trinajstić information content (AvgIpc) is 3.35. The second-order valence-electron chi connectivity index (χ2n) is 9.04. The highest BCUT2D eigenvalue weighted by molar-refractivity contribution is 5.95. The van der Waals surface area contributed by atoms with Crippen LogP contribution in [0.15, 0.2) is 54.6 Å². The van der Waals surface area contributed by atoms with Crippen molar-refractivity contribution in [2.24, 2.45) is 0 Å². The predicted molar refractivity (Wildman–Crippen MR) is 136 cm³/mol. The van der Waals surface area contributed by atoms with Crippen molar-refractivity contribution >= 4 is 16.6 Å². The van der Waals surface area contributed by atoms with E-state index in [1.165, 1.54) is 30.2 Å². The van der Waals surface area contributed by atoms with Gasteiger partial charge in [0.05, 0.1) is 12.8 Å². The van der Waals surface area contributed by atoms with Crippen LogP contribution in [0.5, 0.6) is 5.75 Å². The Morgan fingerprint density at radius 1 is 1.00 bits per heavy atom. The molecule has 2 aliphatic rings. The van der Waals surface area contributed by atoms with E-state index in [9.17, 15) is 0 Å². The molecule has 2 aromatic carbocycles. The lowest BCUT2D eigenvalue weighted by Gasteiger charge is -2.37. The van der Waals surface area contributed by atoms with Crippen molar-refractivity contribution in [3.8, 4) is 17.0 Å². The van der Waals surface area contributed by atoms with E-state index in [1.807, 2.05) is 12.1 Å². The number of nitrogens with zero attached hydrogens (tertiary/aromatic N) is 4. The van der Waals surface area contributed by atoms with Crippen LogP contribution >= 0.6 is 0 Å². The first-order valence-electron chi connectivity index (χ1n) is 12.3. The maximum atomic E-state index is 5.33. The Bertz CT molecular complexity index is 1060. The lowest BCUT2D eigenvalue weighted by molar-refractivity contribution is 0.147. The summed E-state index contributed by atoms with van der Waals surface area (Å²) < 4.78 is 5.33. The van der Waals surface area contributed by atoms with Crippen molar-refractivity contribution in [2.45, 2.75) is 25.8 Å². The highest BCUT2D eigenvalue weighted by atomic mass is 16.5. The van der Waals surface area contributed by atoms with Crippen LogP contribution in [-0.4, -0.2) is 73.9 Å². The maximum Gasteiger partial charge on any atom is 0.137 e. The first kappa shape index (κ1) is 22.1. The molecule has 2 saturated heterocycles. The van der Waals surface area contributed by atoms with Crippen molar-refractivity contribution in [1.29, 1.82) is 0 Å². The van der Waals surface area contributed by atoms with Gasteiger partial charge in [0.1, 0.15) is 11.6 Å². The van der Waals surface area contributed by atoms with E-state index in [0.717, 1.165) is 62.1 Å². The van der Waals surface area contributed by atoms with Gasteiger partial charge in [-0.3, -0.25) is 10.3 Å². The number of piperazine rings is 1. The summed E-state index contributed by atoms with van der Waals surface area (Å²) in [5, 5.41) is 4.86. The van der Waals surface area contributed by atoms with E-state index >= 15 is 0 Å². The third-order valence-electron chi connectivity index (χ3n) is 7.14. The summed E-state index contributed by atoms with van der Waals surface area (Å²) in [6.45, 7) is 9.68. The lowest BCUT2D eigenvalue weighted by Crippen LogP contribution is -2.54. The quantitative estimate of drug-likeness (QED) is 0.593. The fraction of sp³-hybridized carbons (Fsp3) is 0.444. The first-order chi connectivity index (χ1) is 16.2. The smallest absolute Gasteiger partial charge is 0.137 e. The number of fused-ring (bicyclic) bond motifs is 1. The van der Waals surface area contributed by atoms with Crippen molar-refractivity contribution in [2.75, 3.05) is 57.8 Å². The number of likely N-dealkylation sites (N-methyl/N-ethyl adjacent to an activating group) is 1. The van der Waals surface area contributed by atoms with E-state index < -0.39 is 0 Å². The van der Waals surface area contributed by atoms with Gasteiger partial charge in [0, 0.05) is 49.7 Å². The van der Waals surface area contributed by atoms with Gasteiger partial charge >= 0.3 is 0 Å². The summed E-state index contributed by atoms with van der Waals surface area (Å²) in [7, 11) is 1.70. The molecule has 3 heterocycles. The molecule has 33 heavy (non-hydrogen) atoms. The number of aromatic nitrogens is 1. The molecule has 1 aromatic heterocycles. The number of likely N-dealkylation sites (tertiary alicyclic amines) is 1. The fourth-order valence-corrected chi connectivity index (χ4v) is 5.18. The molecule has 2 fully saturated rings. The molecule has 0 saturated carbocycles. The maximum absolute atomic E-state index is 5.33. The van der Waals surface area contributed by atoms with Gasteiger partial charge in [-0.1, -0.05) is 31.2 Å². The zero-order chi connectivity index (χ0) is 22.6. The third kappa shape index (κ3) is 4.83. The second-order valence-corrected chi connectivity index (χ2v) is 9.04. The van der Waals surface area contributed by atoms with Crippen LogP contribution < -0.4 is 15.1 Å². The number of hydrazine groups is 1. The van der Waals surface area contributed by atoms with Gasteiger partial charge in [0.25, 0.3) is 0 Å². The summed E-state index contributed by atoms with van der Waals surface area (Å²) in [6.07, 6.45) is 2.64. The van der Waals surface area contributed by atoms with E-state index in [0.29, 0.717) is 6.04 Å². The van der Waals surface area contributed by atoms with Gasteiger partial charge in [-0.05, 0) is 61.6 Å². The largest absolute Gasteiger partial charge is 0.497 e. The van der Waals surface area contributed by atoms with E-state index in [4.69, 9.17) is 9.72 Å². The Hall–Kier alpha value is -2.67. The van der Waals surface area contributed by atoms with Gasteiger partial charge in [0.2, 0.25) is 0 Å². The number of pyridine rings is 1. The molecule has 0 spiro atoms. The highest BCUT2D eigenvalue weighted by Crippen LogP contribution is 2.31. The van der Waals surface area contributed by atoms with Gasteiger partial charge in [0.15, 0.2) is 0 Å². The van der Waals surface area contributed by atoms with Crippen LogP contribution in [0.1, 0.15) is 19.8 Å². The molecule has 1 unspecified atom stereocenters. The van der Waals surface area contributed by atoms with Crippen LogP contribution in [0.25, 0.3) is 22.0 Å². The molecule has 174 valence electrons. The minimum atomic E-state index is 0.680. The highest BCUT2D eigenvalue weighted by Gasteiger charge is 2.25. The number of nitrogens with one attached hydrogen (secondary N) is 1. The van der Waals surface area contributed by atoms with Crippen LogP contribution in [0.3, 0.4) is 0 Å². The molecule has 2 aliphatic heterocycles. The number of methoxy groups -OCH3 is 1. The van der Waals surface area contributed by atoms with E-state index in [-0.39, 0.29) is 0 Å². The van der Waals surface area contributed by atoms with Crippen molar-refractivity contribution in [1.82, 2.24) is 20.3 Å². The Kier molecular flexibility index (Phi) is 6.76. The monoisotopic (exact) mass is 445 g/mol. The molecule has 0 bridgehead atoms. The minimum absolute atomic E-state index is 0.680. The van der Waals surface area contributed by atoms with Crippen molar-refractivity contribution < 1.29 is 4.74 Å². The minimum Gasteiger partial charge on any atom is -0.497 e. The molecule has 6 nitrogen and oxygen atoms in total. The zero-order valence-corrected chi connectivity index (χ0v) is 19.8. The fourth-order valence-electron chi connectivity index (χ4n) is 5.18. The second kappa shape index (κ2) is 10.1. The Morgan fingerprint density at radius 3 is 2.55 bits per heavy atom. The summed E-state index contributed by atoms with van der Waals surface area (Å²) in [6, 6.07) is 19.6. The third-order valence-corrected chi connectivity index (χ3v) is 7.14. The molecule has 1 N–H and O–H groups in total. The number of ether oxygens (including phenoxy) is 1. The SMILES string of the molecule is CCN1CCCC1CNN1CCN(c2nc(-c3ccc(OC)cc3)cc3ccccc23)CC1. The number of hydrogen-bond acceptors (Lipinski definition) is 6. The standard InChI is InChI=1S/C27H35N5O/c1-3-30-14-6-8-23(30)20-28-32-17-15-31(16-18-32)27-25-9-5-4-7-22(25)19-26(29-27)21-10-12-24(33-2)13-11-21/h4-5,7,9-13,19,23,28H,3,6,8,14-18,20H2,1-2H3. The van der Waals surface area contributed by atoms with Crippen LogP contribution in [0.4, 0.5) is 5.82 Å². The lowest BCUT2D eigenvalue weighted by atomic mass is 10.1. The molecule has 5 rings (SSSR count). The summed E-state index contributed by atoms with van der Waals surface area (Å²) in [4.78, 5) is 10.2. The molecule has 3 aromatic rings. The van der Waals surface area contributed by atoms with Crippen LogP contribution in [-0.2, 0) is 0 Å². The number of benzene rings is 2. The van der Waals surface area contributed by atoms with E-state index in [2.05, 4.69) is 69.6 Å². The topological polar surface area (TPSA) is 43.9 Å². The Morgan fingerprint density at radius 2 is 1.79 bits per heavy atom. The number of rotatable bonds is 7. The summed E-state index contributed by atoms with van der Waals surface area (Å²) >= 11 is 0. The van der Waals surface area contributed by atoms with Gasteiger partial charge < -0.3 is 9.64 Å². The summed E-state index contributed by atoms with van der Waals surface area (Å²) in [5.74, 6) is 1.95. The summed E-state index contributed by atoms with van der Waals surface area (Å²) in [5.41, 5.74) is 5.84. The Labute approximate surface area is 197 Å². The molecule has 6 heteroatoms. The number of hydrogen-bond donors (Lipinski definition) is 1. The molecule has 0 aliphatic carbocycles. The molecule has 1 atom stereocenters. The first-order valence-corrected chi connectivity index (χ1v) is 12.3. The molecule has 0 amide bonds. The molecular weight excluding hydrogens is 410 g/mol. The van der Waals surface area contributed by atoms with Crippen molar-refractivity contribution in [3.05, 3.63) is 54.6 Å². The van der Waals surface area contributed by atoms with Gasteiger partial charge in [-0.2, -0.15) is 0 Å². The molecular formula is C27H35N5O. The van der Waals surface area contributed by atoms with E-state index in [1.54, 1.807) is 7.11 Å². The van der Waals surface area contributed by atoms with Crippen LogP contribution in [0.2, 0.25) is 0 Å². The number of anilines is 1. The average molecular weight is 446 g/mol.